The molecule has 1 heterocycles. The number of hydrogen-bond acceptors (Lipinski definition) is 5. The number of hydrogen-bond donors (Lipinski definition) is 0. The quantitative estimate of drug-likeness (QED) is 0.167. The monoisotopic (exact) mass is 689 g/mol. The lowest BCUT2D eigenvalue weighted by molar-refractivity contribution is 0.267. The zero-order chi connectivity index (χ0) is 26.5. The van der Waals surface area contributed by atoms with Gasteiger partial charge in [-0.15, -0.1) is 0 Å². The van der Waals surface area contributed by atoms with Crippen molar-refractivity contribution in [2.45, 2.75) is 39.7 Å². The van der Waals surface area contributed by atoms with Gasteiger partial charge in [0, 0.05) is 20.4 Å². The van der Waals surface area contributed by atoms with Crippen molar-refractivity contribution >= 4 is 64.9 Å². The van der Waals surface area contributed by atoms with Gasteiger partial charge in [-0.1, -0.05) is 60.1 Å². The van der Waals surface area contributed by atoms with E-state index >= 15 is 0 Å². The molecule has 0 amide bonds. The number of ether oxygens (including phenoxy) is 2. The molecule has 1 aromatic heterocycles. The molecule has 0 unspecified atom stereocenters. The van der Waals surface area contributed by atoms with Gasteiger partial charge in [-0.25, -0.2) is 4.98 Å². The van der Waals surface area contributed by atoms with Crippen molar-refractivity contribution in [3.8, 4) is 11.5 Å². The first-order chi connectivity index (χ1) is 17.8. The minimum atomic E-state index is -0.221. The fourth-order valence-corrected chi connectivity index (χ4v) is 5.02. The number of halogens is 3. The summed E-state index contributed by atoms with van der Waals surface area (Å²) in [7, 11) is 0. The predicted octanol–water partition coefficient (Wildman–Crippen LogP) is 8.06. The third-order valence-electron chi connectivity index (χ3n) is 5.88. The Labute approximate surface area is 241 Å². The molecule has 0 aliphatic heterocycles. The Hall–Kier alpha value is -2.49. The van der Waals surface area contributed by atoms with Crippen LogP contribution in [-0.4, -0.2) is 22.5 Å². The highest BCUT2D eigenvalue weighted by Gasteiger charge is 2.19. The Bertz CT molecular complexity index is 1500. The van der Waals surface area contributed by atoms with Crippen LogP contribution in [0.25, 0.3) is 10.9 Å². The fourth-order valence-electron chi connectivity index (χ4n) is 3.72. The van der Waals surface area contributed by atoms with Gasteiger partial charge < -0.3 is 9.47 Å². The van der Waals surface area contributed by atoms with E-state index in [1.54, 1.807) is 12.3 Å². The van der Waals surface area contributed by atoms with Crippen molar-refractivity contribution in [2.75, 3.05) is 6.61 Å². The van der Waals surface area contributed by atoms with Crippen LogP contribution in [0.2, 0.25) is 0 Å². The zero-order valence-electron chi connectivity index (χ0n) is 20.7. The maximum absolute atomic E-state index is 13.5. The molecule has 3 aromatic carbocycles. The Morgan fingerprint density at radius 3 is 2.49 bits per heavy atom. The lowest BCUT2D eigenvalue weighted by Gasteiger charge is -2.17. The van der Waals surface area contributed by atoms with Crippen LogP contribution in [0.5, 0.6) is 11.5 Å². The zero-order valence-corrected chi connectivity index (χ0v) is 25.4. The summed E-state index contributed by atoms with van der Waals surface area (Å²) in [6, 6.07) is 17.3. The van der Waals surface area contributed by atoms with Crippen LogP contribution >= 0.6 is 47.8 Å². The molecule has 0 radical (unpaired) electrons. The van der Waals surface area contributed by atoms with Gasteiger partial charge in [-0.05, 0) is 75.0 Å². The van der Waals surface area contributed by atoms with Crippen molar-refractivity contribution in [3.63, 3.8) is 0 Å². The van der Waals surface area contributed by atoms with E-state index < -0.39 is 0 Å². The van der Waals surface area contributed by atoms with E-state index in [9.17, 15) is 4.79 Å². The number of fused-ring (bicyclic) bond motifs is 1. The summed E-state index contributed by atoms with van der Waals surface area (Å²) in [4.78, 5) is 18.2. The fraction of sp³-hybridized carbons (Fsp3) is 0.250. The maximum Gasteiger partial charge on any atom is 0.282 e. The van der Waals surface area contributed by atoms with Crippen LogP contribution in [0.3, 0.4) is 0 Å². The number of rotatable bonds is 9. The van der Waals surface area contributed by atoms with Gasteiger partial charge in [0.05, 0.1) is 28.2 Å². The van der Waals surface area contributed by atoms with Crippen molar-refractivity contribution in [1.82, 2.24) is 9.66 Å². The summed E-state index contributed by atoms with van der Waals surface area (Å²) in [5.41, 5.74) is 2.20. The molecular formula is C28H26Br3N3O3. The molecule has 0 saturated heterocycles. The smallest absolute Gasteiger partial charge is 0.282 e. The lowest BCUT2D eigenvalue weighted by Crippen LogP contribution is -2.23. The normalized spacial score (nSPS) is 12.3. The number of nitrogens with zero attached hydrogens (tertiary/aromatic N) is 3. The average Bonchev–Trinajstić information content (AvgIpc) is 2.91. The molecule has 0 spiro atoms. The molecule has 0 aliphatic rings. The van der Waals surface area contributed by atoms with Crippen LogP contribution < -0.4 is 15.0 Å². The largest absolute Gasteiger partial charge is 0.490 e. The molecule has 0 aliphatic carbocycles. The number of benzene rings is 3. The van der Waals surface area contributed by atoms with Crippen LogP contribution in [0.15, 0.2) is 77.9 Å². The van der Waals surface area contributed by atoms with Gasteiger partial charge in [-0.3, -0.25) is 4.79 Å². The van der Waals surface area contributed by atoms with E-state index in [2.05, 4.69) is 59.8 Å². The van der Waals surface area contributed by atoms with Crippen LogP contribution in [0.4, 0.5) is 0 Å². The van der Waals surface area contributed by atoms with Crippen molar-refractivity contribution < 1.29 is 9.47 Å². The summed E-state index contributed by atoms with van der Waals surface area (Å²) < 4.78 is 15.7. The molecule has 0 fully saturated rings. The molecule has 0 N–H and O–H groups in total. The second-order valence-corrected chi connectivity index (χ2v) is 10.9. The van der Waals surface area contributed by atoms with Crippen LogP contribution in [0, 0.1) is 0 Å². The Kier molecular flexibility index (Phi) is 9.21. The second kappa shape index (κ2) is 12.4. The first-order valence-electron chi connectivity index (χ1n) is 11.9. The van der Waals surface area contributed by atoms with Gasteiger partial charge in [0.15, 0.2) is 11.5 Å². The molecule has 4 rings (SSSR count). The Morgan fingerprint density at radius 1 is 1.03 bits per heavy atom. The third kappa shape index (κ3) is 6.16. The Morgan fingerprint density at radius 2 is 1.78 bits per heavy atom. The van der Waals surface area contributed by atoms with Crippen molar-refractivity contribution in [3.05, 3.63) is 95.3 Å². The van der Waals surface area contributed by atoms with E-state index in [1.807, 2.05) is 62.4 Å². The molecule has 37 heavy (non-hydrogen) atoms. The molecule has 0 bridgehead atoms. The van der Waals surface area contributed by atoms with E-state index in [4.69, 9.17) is 14.5 Å². The first kappa shape index (κ1) is 27.5. The van der Waals surface area contributed by atoms with Gasteiger partial charge in [0.1, 0.15) is 12.4 Å². The van der Waals surface area contributed by atoms with Gasteiger partial charge in [0.25, 0.3) is 5.56 Å². The standard InChI is InChI=1S/C28H26Br3N3O3/c1-4-17(3)27-33-22-12-11-20(29)14-21(22)28(35)34(27)32-15-19-13-23(36-5-2)26(25(31)24(19)30)37-16-18-9-7-6-8-10-18/h6-15,17H,4-5,16H2,1-3H3/t17-/m1/s1. The Balaban J connectivity index is 1.77. The summed E-state index contributed by atoms with van der Waals surface area (Å²) >= 11 is 10.8. The molecule has 0 saturated carbocycles. The minimum absolute atomic E-state index is 0.0424. The average molecular weight is 692 g/mol. The summed E-state index contributed by atoms with van der Waals surface area (Å²) in [5, 5.41) is 5.10. The highest BCUT2D eigenvalue weighted by molar-refractivity contribution is 9.13. The van der Waals surface area contributed by atoms with Crippen molar-refractivity contribution in [2.24, 2.45) is 5.10 Å². The minimum Gasteiger partial charge on any atom is -0.490 e. The van der Waals surface area contributed by atoms with E-state index in [0.717, 1.165) is 26.5 Å². The third-order valence-corrected chi connectivity index (χ3v) is 8.52. The molecule has 9 heteroatoms. The van der Waals surface area contributed by atoms with E-state index in [0.29, 0.717) is 45.9 Å². The number of aromatic nitrogens is 2. The first-order valence-corrected chi connectivity index (χ1v) is 14.3. The highest BCUT2D eigenvalue weighted by Crippen LogP contribution is 2.43. The van der Waals surface area contributed by atoms with Gasteiger partial charge in [0.2, 0.25) is 0 Å². The SMILES string of the molecule is CCOc1cc(C=Nn2c([C@H](C)CC)nc3ccc(Br)cc3c2=O)c(Br)c(Br)c1OCc1ccccc1. The summed E-state index contributed by atoms with van der Waals surface area (Å²) in [6.07, 6.45) is 2.46. The molecule has 6 nitrogen and oxygen atoms in total. The topological polar surface area (TPSA) is 65.7 Å². The molecule has 4 aromatic rings. The maximum atomic E-state index is 13.5. The van der Waals surface area contributed by atoms with Crippen LogP contribution in [0.1, 0.15) is 50.1 Å². The van der Waals surface area contributed by atoms with Gasteiger partial charge >= 0.3 is 0 Å². The van der Waals surface area contributed by atoms with E-state index in [1.165, 1.54) is 4.68 Å². The van der Waals surface area contributed by atoms with Gasteiger partial charge in [-0.2, -0.15) is 9.78 Å². The predicted molar refractivity (Wildman–Crippen MR) is 159 cm³/mol. The summed E-state index contributed by atoms with van der Waals surface area (Å²) in [5.74, 6) is 1.82. The molecule has 1 atom stereocenters. The highest BCUT2D eigenvalue weighted by atomic mass is 79.9. The van der Waals surface area contributed by atoms with Crippen molar-refractivity contribution in [1.29, 1.82) is 0 Å². The second-order valence-electron chi connectivity index (χ2n) is 8.43. The molecular weight excluding hydrogens is 666 g/mol. The van der Waals surface area contributed by atoms with E-state index in [-0.39, 0.29) is 11.5 Å². The lowest BCUT2D eigenvalue weighted by atomic mass is 10.1. The molecule has 192 valence electrons. The van der Waals surface area contributed by atoms with Crippen LogP contribution in [-0.2, 0) is 6.61 Å². The summed E-state index contributed by atoms with van der Waals surface area (Å²) in [6.45, 7) is 6.88.